The lowest BCUT2D eigenvalue weighted by Crippen LogP contribution is -2.04. The average Bonchev–Trinajstić information content (AvgIpc) is 3.17. The molecule has 0 unspecified atom stereocenters. The molecule has 8 heteroatoms. The molecule has 0 amide bonds. The van der Waals surface area contributed by atoms with Crippen LogP contribution in [0.5, 0.6) is 5.75 Å². The number of H-pyrrole nitrogens is 1. The molecule has 0 aliphatic heterocycles. The second-order valence-electron chi connectivity index (χ2n) is 5.81. The number of hydrogen-bond acceptors (Lipinski definition) is 6. The maximum absolute atomic E-state index is 5.80. The van der Waals surface area contributed by atoms with E-state index in [2.05, 4.69) is 46.3 Å². The van der Waals surface area contributed by atoms with Crippen molar-refractivity contribution < 1.29 is 4.74 Å². The molecule has 25 heavy (non-hydrogen) atoms. The van der Waals surface area contributed by atoms with Crippen molar-refractivity contribution in [2.45, 2.75) is 33.3 Å². The fraction of sp³-hybridized carbons (Fsp3) is 0.294. The van der Waals surface area contributed by atoms with E-state index in [1.165, 1.54) is 5.56 Å². The summed E-state index contributed by atoms with van der Waals surface area (Å²) in [4.78, 5) is 4.35. The number of aryl methyl sites for hydroxylation is 1. The minimum Gasteiger partial charge on any atom is -0.486 e. The Morgan fingerprint density at radius 3 is 2.76 bits per heavy atom. The smallest absolute Gasteiger partial charge is 0.216 e. The van der Waals surface area contributed by atoms with Crippen molar-refractivity contribution in [3.05, 3.63) is 56.5 Å². The summed E-state index contributed by atoms with van der Waals surface area (Å²) in [6.07, 6.45) is 1.66. The van der Waals surface area contributed by atoms with Crippen LogP contribution in [-0.2, 0) is 6.61 Å². The molecular formula is C17H19N5OS2. The first-order valence-electron chi connectivity index (χ1n) is 7.88. The normalized spacial score (nSPS) is 11.5. The summed E-state index contributed by atoms with van der Waals surface area (Å²) < 4.78 is 7.76. The third-order valence-corrected chi connectivity index (χ3v) is 4.63. The van der Waals surface area contributed by atoms with Gasteiger partial charge in [0.1, 0.15) is 12.4 Å². The molecule has 3 rings (SSSR count). The van der Waals surface area contributed by atoms with E-state index in [1.807, 2.05) is 24.4 Å². The van der Waals surface area contributed by atoms with Crippen LogP contribution in [0, 0.1) is 11.7 Å². The molecular weight excluding hydrogens is 354 g/mol. The molecule has 2 aromatic heterocycles. The number of aromatic amines is 1. The van der Waals surface area contributed by atoms with Gasteiger partial charge in [0.2, 0.25) is 4.77 Å². The molecule has 0 aliphatic carbocycles. The van der Waals surface area contributed by atoms with Crippen LogP contribution in [0.15, 0.2) is 34.7 Å². The molecule has 1 N–H and O–H groups in total. The monoisotopic (exact) mass is 373 g/mol. The van der Waals surface area contributed by atoms with Gasteiger partial charge in [-0.25, -0.2) is 10.1 Å². The number of thiazole rings is 1. The first kappa shape index (κ1) is 17.5. The average molecular weight is 374 g/mol. The first-order chi connectivity index (χ1) is 12.0. The predicted molar refractivity (Wildman–Crippen MR) is 102 cm³/mol. The summed E-state index contributed by atoms with van der Waals surface area (Å²) in [6.45, 7) is 6.54. The van der Waals surface area contributed by atoms with Crippen molar-refractivity contribution in [3.8, 4) is 5.75 Å². The molecule has 0 saturated carbocycles. The van der Waals surface area contributed by atoms with Gasteiger partial charge in [0.25, 0.3) is 0 Å². The largest absolute Gasteiger partial charge is 0.486 e. The van der Waals surface area contributed by atoms with Crippen LogP contribution in [-0.4, -0.2) is 26.1 Å². The van der Waals surface area contributed by atoms with Crippen LogP contribution >= 0.6 is 23.6 Å². The van der Waals surface area contributed by atoms with Crippen molar-refractivity contribution in [1.82, 2.24) is 19.9 Å². The Labute approximate surface area is 155 Å². The predicted octanol–water partition coefficient (Wildman–Crippen LogP) is 4.29. The Kier molecular flexibility index (Phi) is 5.40. The van der Waals surface area contributed by atoms with Crippen molar-refractivity contribution in [3.63, 3.8) is 0 Å². The van der Waals surface area contributed by atoms with Gasteiger partial charge >= 0.3 is 0 Å². The third-order valence-electron chi connectivity index (χ3n) is 3.57. The topological polar surface area (TPSA) is 68.1 Å². The fourth-order valence-electron chi connectivity index (χ4n) is 2.19. The van der Waals surface area contributed by atoms with E-state index >= 15 is 0 Å². The number of benzene rings is 1. The number of rotatable bonds is 6. The number of nitrogens with zero attached hydrogens (tertiary/aromatic N) is 4. The van der Waals surface area contributed by atoms with Gasteiger partial charge in [-0.15, -0.1) is 11.3 Å². The lowest BCUT2D eigenvalue weighted by atomic mass is 10.0. The molecule has 0 spiro atoms. The highest BCUT2D eigenvalue weighted by Crippen LogP contribution is 2.19. The summed E-state index contributed by atoms with van der Waals surface area (Å²) in [6, 6.07) is 8.06. The standard InChI is InChI=1S/C17H19N5OS2/c1-11(2)13-4-6-15(7-5-13)23-9-16-20-21-17(24)22(16)18-8-14-10-25-12(3)19-14/h4-8,10-11H,9H2,1-3H3,(H,21,24)/b18-8-. The lowest BCUT2D eigenvalue weighted by molar-refractivity contribution is 0.290. The van der Waals surface area contributed by atoms with Crippen LogP contribution in [0.1, 0.15) is 41.9 Å². The summed E-state index contributed by atoms with van der Waals surface area (Å²) in [7, 11) is 0. The molecule has 0 saturated heterocycles. The summed E-state index contributed by atoms with van der Waals surface area (Å²) >= 11 is 6.80. The van der Waals surface area contributed by atoms with Gasteiger partial charge in [0.05, 0.1) is 16.9 Å². The van der Waals surface area contributed by atoms with Gasteiger partial charge in [-0.3, -0.25) is 0 Å². The van der Waals surface area contributed by atoms with E-state index in [0.717, 1.165) is 16.5 Å². The molecule has 0 radical (unpaired) electrons. The molecule has 6 nitrogen and oxygen atoms in total. The van der Waals surface area contributed by atoms with Crippen molar-refractivity contribution in [2.24, 2.45) is 5.10 Å². The van der Waals surface area contributed by atoms with Gasteiger partial charge in [0, 0.05) is 5.38 Å². The Bertz CT molecular complexity index is 921. The molecule has 3 aromatic rings. The maximum Gasteiger partial charge on any atom is 0.216 e. The van der Waals surface area contributed by atoms with Gasteiger partial charge in [-0.1, -0.05) is 26.0 Å². The van der Waals surface area contributed by atoms with Gasteiger partial charge in [0.15, 0.2) is 5.82 Å². The molecule has 0 atom stereocenters. The van der Waals surface area contributed by atoms with Crippen LogP contribution < -0.4 is 4.74 Å². The molecule has 0 aliphatic rings. The van der Waals surface area contributed by atoms with Gasteiger partial charge in [-0.05, 0) is 42.8 Å². The van der Waals surface area contributed by atoms with Crippen molar-refractivity contribution in [1.29, 1.82) is 0 Å². The highest BCUT2D eigenvalue weighted by molar-refractivity contribution is 7.71. The highest BCUT2D eigenvalue weighted by Gasteiger charge is 2.07. The minimum atomic E-state index is 0.265. The van der Waals surface area contributed by atoms with E-state index in [1.54, 1.807) is 22.2 Å². The zero-order valence-electron chi connectivity index (χ0n) is 14.3. The fourth-order valence-corrected chi connectivity index (χ4v) is 2.95. The zero-order valence-corrected chi connectivity index (χ0v) is 15.9. The summed E-state index contributed by atoms with van der Waals surface area (Å²) in [5.41, 5.74) is 2.07. The van der Waals surface area contributed by atoms with Crippen LogP contribution in [0.4, 0.5) is 0 Å². The second kappa shape index (κ2) is 7.71. The van der Waals surface area contributed by atoms with Gasteiger partial charge < -0.3 is 4.74 Å². The van der Waals surface area contributed by atoms with E-state index in [0.29, 0.717) is 16.5 Å². The molecule has 2 heterocycles. The summed E-state index contributed by atoms with van der Waals surface area (Å²) in [5.74, 6) is 1.87. The SMILES string of the molecule is Cc1nc(/C=N\n2c(COc3ccc(C(C)C)cc3)n[nH]c2=S)cs1. The molecule has 0 bridgehead atoms. The molecule has 0 fully saturated rings. The molecule has 130 valence electrons. The van der Waals surface area contributed by atoms with Crippen LogP contribution in [0.2, 0.25) is 0 Å². The van der Waals surface area contributed by atoms with Gasteiger partial charge in [-0.2, -0.15) is 14.9 Å². The highest BCUT2D eigenvalue weighted by atomic mass is 32.1. The maximum atomic E-state index is 5.80. The Hall–Kier alpha value is -2.32. The molecule has 1 aromatic carbocycles. The number of hydrogen-bond donors (Lipinski definition) is 1. The number of aromatic nitrogens is 4. The second-order valence-corrected chi connectivity index (χ2v) is 7.25. The Morgan fingerprint density at radius 2 is 2.12 bits per heavy atom. The number of ether oxygens (including phenoxy) is 1. The van der Waals surface area contributed by atoms with Crippen LogP contribution in [0.25, 0.3) is 0 Å². The lowest BCUT2D eigenvalue weighted by Gasteiger charge is -2.08. The summed E-state index contributed by atoms with van der Waals surface area (Å²) in [5, 5.41) is 14.2. The first-order valence-corrected chi connectivity index (χ1v) is 9.17. The van der Waals surface area contributed by atoms with E-state index in [4.69, 9.17) is 17.0 Å². The Balaban J connectivity index is 1.71. The van der Waals surface area contributed by atoms with E-state index < -0.39 is 0 Å². The Morgan fingerprint density at radius 1 is 1.36 bits per heavy atom. The van der Waals surface area contributed by atoms with E-state index in [-0.39, 0.29) is 6.61 Å². The van der Waals surface area contributed by atoms with Crippen LogP contribution in [0.3, 0.4) is 0 Å². The van der Waals surface area contributed by atoms with E-state index in [9.17, 15) is 0 Å². The minimum absolute atomic E-state index is 0.265. The number of nitrogens with one attached hydrogen (secondary N) is 1. The zero-order chi connectivity index (χ0) is 17.8. The van der Waals surface area contributed by atoms with Crippen molar-refractivity contribution >= 4 is 29.8 Å². The third kappa shape index (κ3) is 4.40. The van der Waals surface area contributed by atoms with Crippen molar-refractivity contribution in [2.75, 3.05) is 0 Å². The quantitative estimate of drug-likeness (QED) is 0.517.